The van der Waals surface area contributed by atoms with Crippen molar-refractivity contribution in [2.75, 3.05) is 6.61 Å². The highest BCUT2D eigenvalue weighted by atomic mass is 79.9. The zero-order chi connectivity index (χ0) is 13.2. The van der Waals surface area contributed by atoms with Crippen LogP contribution in [0.5, 0.6) is 0 Å². The smallest absolute Gasteiger partial charge is 0.154 e. The first kappa shape index (κ1) is 12.8. The number of halogens is 1. The van der Waals surface area contributed by atoms with Gasteiger partial charge in [-0.25, -0.2) is 4.98 Å². The van der Waals surface area contributed by atoms with Crippen LogP contribution in [-0.2, 0) is 4.74 Å². The van der Waals surface area contributed by atoms with Crippen LogP contribution in [0.3, 0.4) is 0 Å². The first-order valence-electron chi connectivity index (χ1n) is 6.48. The molecule has 1 saturated heterocycles. The molecule has 1 aromatic heterocycles. The Morgan fingerprint density at radius 3 is 3.05 bits per heavy atom. The third-order valence-electron chi connectivity index (χ3n) is 3.64. The molecule has 2 unspecified atom stereocenters. The second-order valence-corrected chi connectivity index (χ2v) is 5.77. The molecule has 2 heterocycles. The van der Waals surface area contributed by atoms with Gasteiger partial charge in [-0.1, -0.05) is 28.1 Å². The van der Waals surface area contributed by atoms with Gasteiger partial charge in [0, 0.05) is 17.0 Å². The quantitative estimate of drug-likeness (QED) is 0.920. The number of benzene rings is 1. The highest BCUT2D eigenvalue weighted by Crippen LogP contribution is 2.40. The average molecular weight is 322 g/mol. The lowest BCUT2D eigenvalue weighted by molar-refractivity contribution is -0.00742. The Labute approximate surface area is 120 Å². The van der Waals surface area contributed by atoms with E-state index in [1.165, 1.54) is 17.5 Å². The van der Waals surface area contributed by atoms with E-state index in [1.807, 2.05) is 0 Å². The number of nitrogens with zero attached hydrogens (tertiary/aromatic N) is 2. The second-order valence-electron chi connectivity index (χ2n) is 4.92. The third-order valence-corrected chi connectivity index (χ3v) is 4.53. The van der Waals surface area contributed by atoms with Gasteiger partial charge in [0.1, 0.15) is 12.4 Å². The fourth-order valence-corrected chi connectivity index (χ4v) is 2.89. The van der Waals surface area contributed by atoms with E-state index in [9.17, 15) is 0 Å². The Morgan fingerprint density at radius 2 is 2.32 bits per heavy atom. The van der Waals surface area contributed by atoms with Gasteiger partial charge in [-0.2, -0.15) is 5.10 Å². The maximum Gasteiger partial charge on any atom is 0.154 e. The molecule has 0 bridgehead atoms. The summed E-state index contributed by atoms with van der Waals surface area (Å²) in [5.41, 5.74) is 2.56. The molecule has 0 saturated carbocycles. The summed E-state index contributed by atoms with van der Waals surface area (Å²) in [5.74, 6) is 1.17. The summed E-state index contributed by atoms with van der Waals surface area (Å²) in [5, 5.41) is 6.87. The first-order chi connectivity index (χ1) is 9.25. The molecule has 1 fully saturated rings. The Bertz CT molecular complexity index is 556. The normalized spacial score (nSPS) is 23.5. The van der Waals surface area contributed by atoms with E-state index in [0.29, 0.717) is 5.92 Å². The van der Waals surface area contributed by atoms with Crippen molar-refractivity contribution in [2.24, 2.45) is 0 Å². The van der Waals surface area contributed by atoms with Gasteiger partial charge in [-0.15, -0.1) is 0 Å². The van der Waals surface area contributed by atoms with Crippen LogP contribution in [0.4, 0.5) is 0 Å². The van der Waals surface area contributed by atoms with Gasteiger partial charge in [0.2, 0.25) is 0 Å². The van der Waals surface area contributed by atoms with Gasteiger partial charge in [0.05, 0.1) is 0 Å². The van der Waals surface area contributed by atoms with Crippen molar-refractivity contribution in [1.82, 2.24) is 15.2 Å². The molecule has 100 valence electrons. The van der Waals surface area contributed by atoms with Crippen molar-refractivity contribution in [3.8, 4) is 0 Å². The molecule has 5 heteroatoms. The van der Waals surface area contributed by atoms with Crippen LogP contribution in [0.1, 0.15) is 41.8 Å². The van der Waals surface area contributed by atoms with Gasteiger partial charge >= 0.3 is 0 Å². The molecule has 2 atom stereocenters. The average Bonchev–Trinajstić information content (AvgIpc) is 2.96. The minimum atomic E-state index is -0.0168. The van der Waals surface area contributed by atoms with Gasteiger partial charge in [0.15, 0.2) is 5.82 Å². The summed E-state index contributed by atoms with van der Waals surface area (Å²) in [6, 6.07) is 6.50. The molecule has 0 aliphatic carbocycles. The zero-order valence-electron chi connectivity index (χ0n) is 10.8. The maximum atomic E-state index is 5.91. The van der Waals surface area contributed by atoms with Crippen molar-refractivity contribution in [3.63, 3.8) is 0 Å². The van der Waals surface area contributed by atoms with E-state index in [2.05, 4.69) is 56.2 Å². The van der Waals surface area contributed by atoms with E-state index in [0.717, 1.165) is 29.7 Å². The summed E-state index contributed by atoms with van der Waals surface area (Å²) < 4.78 is 7.06. The number of hydrogen-bond donors (Lipinski definition) is 1. The second kappa shape index (κ2) is 5.43. The lowest BCUT2D eigenvalue weighted by atomic mass is 9.86. The predicted molar refractivity (Wildman–Crippen MR) is 75.9 cm³/mol. The highest BCUT2D eigenvalue weighted by molar-refractivity contribution is 9.10. The Balaban J connectivity index is 1.93. The molecule has 2 aromatic rings. The van der Waals surface area contributed by atoms with E-state index < -0.39 is 0 Å². The van der Waals surface area contributed by atoms with Crippen molar-refractivity contribution in [3.05, 3.63) is 46.0 Å². The molecule has 1 aliphatic rings. The number of rotatable bonds is 2. The molecule has 3 rings (SSSR count). The number of H-pyrrole nitrogens is 1. The Kier molecular flexibility index (Phi) is 3.66. The molecule has 0 spiro atoms. The summed E-state index contributed by atoms with van der Waals surface area (Å²) in [6.07, 6.45) is 3.73. The van der Waals surface area contributed by atoms with Crippen molar-refractivity contribution in [2.45, 2.75) is 31.8 Å². The molecule has 1 aromatic carbocycles. The molecule has 0 radical (unpaired) electrons. The van der Waals surface area contributed by atoms with Crippen molar-refractivity contribution < 1.29 is 4.74 Å². The number of aryl methyl sites for hydroxylation is 1. The van der Waals surface area contributed by atoms with Crippen LogP contribution in [0.15, 0.2) is 29.0 Å². The van der Waals surface area contributed by atoms with Gasteiger partial charge in [-0.05, 0) is 37.0 Å². The molecule has 4 nitrogen and oxygen atoms in total. The van der Waals surface area contributed by atoms with Crippen LogP contribution in [-0.4, -0.2) is 21.8 Å². The molecular formula is C14H16BrN3O. The van der Waals surface area contributed by atoms with Crippen LogP contribution in [0, 0.1) is 6.92 Å². The molecule has 19 heavy (non-hydrogen) atoms. The molecule has 1 aliphatic heterocycles. The topological polar surface area (TPSA) is 50.8 Å². The number of nitrogens with one attached hydrogen (secondary N) is 1. The Hall–Kier alpha value is -1.20. The SMILES string of the molecule is Cc1cc(C2CCCOC2c2ncn[nH]2)ccc1Br. The summed E-state index contributed by atoms with van der Waals surface area (Å²) >= 11 is 3.55. The van der Waals surface area contributed by atoms with Gasteiger partial charge in [-0.3, -0.25) is 5.10 Å². The fourth-order valence-electron chi connectivity index (χ4n) is 2.64. The van der Waals surface area contributed by atoms with Crippen LogP contribution in [0.2, 0.25) is 0 Å². The molecule has 0 amide bonds. The fraction of sp³-hybridized carbons (Fsp3) is 0.429. The zero-order valence-corrected chi connectivity index (χ0v) is 12.4. The third kappa shape index (κ3) is 2.58. The molecule has 1 N–H and O–H groups in total. The summed E-state index contributed by atoms with van der Waals surface area (Å²) in [7, 11) is 0. The highest BCUT2D eigenvalue weighted by Gasteiger charge is 2.30. The van der Waals surface area contributed by atoms with Crippen LogP contribution < -0.4 is 0 Å². The maximum absolute atomic E-state index is 5.91. The van der Waals surface area contributed by atoms with Crippen molar-refractivity contribution in [1.29, 1.82) is 0 Å². The summed E-state index contributed by atoms with van der Waals surface area (Å²) in [6.45, 7) is 2.90. The largest absolute Gasteiger partial charge is 0.370 e. The molecular weight excluding hydrogens is 306 g/mol. The minimum Gasteiger partial charge on any atom is -0.370 e. The predicted octanol–water partition coefficient (Wildman–Crippen LogP) is 3.51. The van der Waals surface area contributed by atoms with E-state index in [1.54, 1.807) is 0 Å². The number of aromatic amines is 1. The van der Waals surface area contributed by atoms with Gasteiger partial charge in [0.25, 0.3) is 0 Å². The first-order valence-corrected chi connectivity index (χ1v) is 7.28. The lowest BCUT2D eigenvalue weighted by Crippen LogP contribution is -2.22. The standard InChI is InChI=1S/C14H16BrN3O/c1-9-7-10(4-5-12(9)15)11-3-2-6-19-13(11)14-16-8-17-18-14/h4-5,7-8,11,13H,2-3,6H2,1H3,(H,16,17,18). The van der Waals surface area contributed by atoms with Crippen LogP contribution in [0.25, 0.3) is 0 Å². The Morgan fingerprint density at radius 1 is 1.42 bits per heavy atom. The van der Waals surface area contributed by atoms with Crippen molar-refractivity contribution >= 4 is 15.9 Å². The van der Waals surface area contributed by atoms with E-state index >= 15 is 0 Å². The van der Waals surface area contributed by atoms with E-state index in [-0.39, 0.29) is 6.10 Å². The monoisotopic (exact) mass is 321 g/mol. The minimum absolute atomic E-state index is 0.0168. The van der Waals surface area contributed by atoms with Gasteiger partial charge < -0.3 is 4.74 Å². The lowest BCUT2D eigenvalue weighted by Gasteiger charge is -2.30. The number of aromatic nitrogens is 3. The summed E-state index contributed by atoms with van der Waals surface area (Å²) in [4.78, 5) is 4.25. The van der Waals surface area contributed by atoms with E-state index in [4.69, 9.17) is 4.74 Å². The number of hydrogen-bond acceptors (Lipinski definition) is 3. The number of ether oxygens (including phenoxy) is 1. The van der Waals surface area contributed by atoms with Crippen LogP contribution >= 0.6 is 15.9 Å².